The molecule has 17 heavy (non-hydrogen) atoms. The van der Waals surface area contributed by atoms with Crippen molar-refractivity contribution in [3.05, 3.63) is 47.3 Å². The molecule has 4 heteroatoms. The van der Waals surface area contributed by atoms with E-state index < -0.39 is 0 Å². The van der Waals surface area contributed by atoms with E-state index in [0.29, 0.717) is 6.61 Å². The predicted octanol–water partition coefficient (Wildman–Crippen LogP) is 2.28. The minimum atomic E-state index is 0.431. The average molecular weight is 232 g/mol. The lowest BCUT2D eigenvalue weighted by Gasteiger charge is -2.06. The van der Waals surface area contributed by atoms with E-state index in [4.69, 9.17) is 9.26 Å². The van der Waals surface area contributed by atoms with Gasteiger partial charge >= 0.3 is 0 Å². The summed E-state index contributed by atoms with van der Waals surface area (Å²) in [5.41, 5.74) is 2.00. The molecular weight excluding hydrogens is 216 g/mol. The van der Waals surface area contributed by atoms with Crippen LogP contribution in [0, 0.1) is 6.92 Å². The molecule has 2 aromatic rings. The molecule has 0 unspecified atom stereocenters. The maximum Gasteiger partial charge on any atom is 0.134 e. The summed E-state index contributed by atoms with van der Waals surface area (Å²) >= 11 is 0. The van der Waals surface area contributed by atoms with Crippen molar-refractivity contribution in [1.29, 1.82) is 0 Å². The van der Waals surface area contributed by atoms with E-state index in [9.17, 15) is 0 Å². The Morgan fingerprint density at radius 1 is 1.35 bits per heavy atom. The van der Waals surface area contributed by atoms with E-state index in [-0.39, 0.29) is 0 Å². The van der Waals surface area contributed by atoms with Gasteiger partial charge in [0.1, 0.15) is 23.8 Å². The summed E-state index contributed by atoms with van der Waals surface area (Å²) < 4.78 is 10.6. The summed E-state index contributed by atoms with van der Waals surface area (Å²) in [6.07, 6.45) is 0. The number of aryl methyl sites for hydroxylation is 1. The molecule has 0 spiro atoms. The van der Waals surface area contributed by atoms with E-state index in [0.717, 1.165) is 23.7 Å². The lowest BCUT2D eigenvalue weighted by atomic mass is 10.2. The van der Waals surface area contributed by atoms with Gasteiger partial charge in [-0.05, 0) is 31.7 Å². The SMILES string of the molecule is CNCc1cccc(OCc2cc(C)on2)c1. The smallest absolute Gasteiger partial charge is 0.134 e. The number of ether oxygens (including phenoxy) is 1. The second kappa shape index (κ2) is 5.50. The summed E-state index contributed by atoms with van der Waals surface area (Å²) in [5, 5.41) is 6.98. The molecule has 1 heterocycles. The molecule has 1 aromatic heterocycles. The number of nitrogens with one attached hydrogen (secondary N) is 1. The maximum atomic E-state index is 5.64. The van der Waals surface area contributed by atoms with Crippen LogP contribution in [0.15, 0.2) is 34.9 Å². The standard InChI is InChI=1S/C13H16N2O2/c1-10-6-12(15-17-10)9-16-13-5-3-4-11(7-13)8-14-2/h3-7,14H,8-9H2,1-2H3. The van der Waals surface area contributed by atoms with Crippen LogP contribution >= 0.6 is 0 Å². The van der Waals surface area contributed by atoms with Crippen molar-refractivity contribution in [1.82, 2.24) is 10.5 Å². The van der Waals surface area contributed by atoms with Crippen LogP contribution in [-0.2, 0) is 13.2 Å². The van der Waals surface area contributed by atoms with Gasteiger partial charge in [-0.2, -0.15) is 0 Å². The fourth-order valence-electron chi connectivity index (χ4n) is 1.59. The third-order valence-corrected chi connectivity index (χ3v) is 2.34. The van der Waals surface area contributed by atoms with Crippen LogP contribution in [0.25, 0.3) is 0 Å². The van der Waals surface area contributed by atoms with Crippen LogP contribution in [0.5, 0.6) is 5.75 Å². The molecule has 0 saturated heterocycles. The summed E-state index contributed by atoms with van der Waals surface area (Å²) in [5.74, 6) is 1.64. The van der Waals surface area contributed by atoms with Gasteiger partial charge in [0.25, 0.3) is 0 Å². The highest BCUT2D eigenvalue weighted by atomic mass is 16.5. The van der Waals surface area contributed by atoms with Gasteiger partial charge in [0.15, 0.2) is 0 Å². The van der Waals surface area contributed by atoms with Crippen molar-refractivity contribution >= 4 is 0 Å². The van der Waals surface area contributed by atoms with Gasteiger partial charge in [0.05, 0.1) is 0 Å². The Hall–Kier alpha value is -1.81. The average Bonchev–Trinajstić information content (AvgIpc) is 2.74. The zero-order chi connectivity index (χ0) is 12.1. The van der Waals surface area contributed by atoms with Crippen LogP contribution in [-0.4, -0.2) is 12.2 Å². The van der Waals surface area contributed by atoms with Gasteiger partial charge in [-0.1, -0.05) is 17.3 Å². The zero-order valence-corrected chi connectivity index (χ0v) is 10.1. The molecule has 0 atom stereocenters. The molecule has 1 N–H and O–H groups in total. The lowest BCUT2D eigenvalue weighted by Crippen LogP contribution is -2.05. The number of hydrogen-bond acceptors (Lipinski definition) is 4. The molecule has 2 rings (SSSR count). The van der Waals surface area contributed by atoms with Gasteiger partial charge in [-0.25, -0.2) is 0 Å². The van der Waals surface area contributed by atoms with Gasteiger partial charge < -0.3 is 14.6 Å². The summed E-state index contributed by atoms with van der Waals surface area (Å²) in [7, 11) is 1.92. The number of hydrogen-bond donors (Lipinski definition) is 1. The number of nitrogens with zero attached hydrogens (tertiary/aromatic N) is 1. The Balaban J connectivity index is 1.96. The van der Waals surface area contributed by atoms with Crippen LogP contribution in [0.4, 0.5) is 0 Å². The van der Waals surface area contributed by atoms with E-state index in [2.05, 4.69) is 16.5 Å². The van der Waals surface area contributed by atoms with Gasteiger partial charge in [-0.3, -0.25) is 0 Å². The van der Waals surface area contributed by atoms with Crippen LogP contribution in [0.1, 0.15) is 17.0 Å². The summed E-state index contributed by atoms with van der Waals surface area (Å²) in [4.78, 5) is 0. The molecule has 0 aliphatic rings. The zero-order valence-electron chi connectivity index (χ0n) is 10.1. The molecule has 0 radical (unpaired) electrons. The molecule has 4 nitrogen and oxygen atoms in total. The van der Waals surface area contributed by atoms with Crippen molar-refractivity contribution in [2.45, 2.75) is 20.1 Å². The number of rotatable bonds is 5. The minimum absolute atomic E-state index is 0.431. The second-order valence-corrected chi connectivity index (χ2v) is 3.90. The first-order valence-corrected chi connectivity index (χ1v) is 5.56. The van der Waals surface area contributed by atoms with Crippen molar-refractivity contribution in [2.75, 3.05) is 7.05 Å². The Bertz CT molecular complexity index is 480. The molecule has 0 amide bonds. The van der Waals surface area contributed by atoms with E-state index in [1.54, 1.807) is 0 Å². The highest BCUT2D eigenvalue weighted by Gasteiger charge is 2.02. The molecule has 1 aromatic carbocycles. The fraction of sp³-hybridized carbons (Fsp3) is 0.308. The second-order valence-electron chi connectivity index (χ2n) is 3.90. The topological polar surface area (TPSA) is 47.3 Å². The van der Waals surface area contributed by atoms with E-state index in [1.807, 2.05) is 38.2 Å². The number of benzene rings is 1. The Morgan fingerprint density at radius 3 is 2.94 bits per heavy atom. The first-order chi connectivity index (χ1) is 8.28. The quantitative estimate of drug-likeness (QED) is 0.859. The van der Waals surface area contributed by atoms with Crippen molar-refractivity contribution in [3.63, 3.8) is 0 Å². The molecule has 0 aliphatic heterocycles. The van der Waals surface area contributed by atoms with Crippen LogP contribution in [0.2, 0.25) is 0 Å². The van der Waals surface area contributed by atoms with Crippen molar-refractivity contribution in [2.24, 2.45) is 0 Å². The molecular formula is C13H16N2O2. The molecule has 0 aliphatic carbocycles. The van der Waals surface area contributed by atoms with E-state index >= 15 is 0 Å². The first-order valence-electron chi connectivity index (χ1n) is 5.56. The third-order valence-electron chi connectivity index (χ3n) is 2.34. The monoisotopic (exact) mass is 232 g/mol. The van der Waals surface area contributed by atoms with Crippen molar-refractivity contribution in [3.8, 4) is 5.75 Å². The van der Waals surface area contributed by atoms with Crippen molar-refractivity contribution < 1.29 is 9.26 Å². The Labute approximate surface area is 101 Å². The van der Waals surface area contributed by atoms with E-state index in [1.165, 1.54) is 5.56 Å². The molecule has 0 saturated carbocycles. The normalized spacial score (nSPS) is 10.5. The highest BCUT2D eigenvalue weighted by Crippen LogP contribution is 2.15. The van der Waals surface area contributed by atoms with Gasteiger partial charge in [0.2, 0.25) is 0 Å². The lowest BCUT2D eigenvalue weighted by molar-refractivity contribution is 0.287. The van der Waals surface area contributed by atoms with Crippen LogP contribution in [0.3, 0.4) is 0 Å². The Kier molecular flexibility index (Phi) is 3.77. The predicted molar refractivity (Wildman–Crippen MR) is 64.8 cm³/mol. The molecule has 0 bridgehead atoms. The summed E-state index contributed by atoms with van der Waals surface area (Å²) in [6.45, 7) is 3.13. The third kappa shape index (κ3) is 3.32. The molecule has 0 fully saturated rings. The maximum absolute atomic E-state index is 5.64. The fourth-order valence-corrected chi connectivity index (χ4v) is 1.59. The first kappa shape index (κ1) is 11.7. The largest absolute Gasteiger partial charge is 0.487 e. The van der Waals surface area contributed by atoms with Gasteiger partial charge in [0, 0.05) is 12.6 Å². The highest BCUT2D eigenvalue weighted by molar-refractivity contribution is 5.28. The van der Waals surface area contributed by atoms with Gasteiger partial charge in [-0.15, -0.1) is 0 Å². The van der Waals surface area contributed by atoms with Crippen LogP contribution < -0.4 is 10.1 Å². The molecule has 90 valence electrons. The summed E-state index contributed by atoms with van der Waals surface area (Å²) in [6, 6.07) is 9.87. The minimum Gasteiger partial charge on any atom is -0.487 e. The Morgan fingerprint density at radius 2 is 2.24 bits per heavy atom. The number of aromatic nitrogens is 1.